The van der Waals surface area contributed by atoms with Gasteiger partial charge < -0.3 is 29.9 Å². The maximum Gasteiger partial charge on any atom is 0.311 e. The van der Waals surface area contributed by atoms with Crippen molar-refractivity contribution in [2.45, 2.75) is 90.4 Å². The summed E-state index contributed by atoms with van der Waals surface area (Å²) >= 11 is 0. The Hall–Kier alpha value is -1.30. The Morgan fingerprint density at radius 2 is 1.52 bits per heavy atom. The Kier molecular flexibility index (Phi) is 7.77. The molecule has 2 aliphatic rings. The van der Waals surface area contributed by atoms with Crippen LogP contribution in [0.2, 0.25) is 0 Å². The molecule has 2 fully saturated rings. The van der Waals surface area contributed by atoms with Crippen molar-refractivity contribution in [2.24, 2.45) is 10.8 Å². The van der Waals surface area contributed by atoms with Crippen LogP contribution in [-0.2, 0) is 23.9 Å². The lowest BCUT2D eigenvalue weighted by Gasteiger charge is -2.43. The Labute approximate surface area is 183 Å². The first-order valence-electron chi connectivity index (χ1n) is 10.6. The van der Waals surface area contributed by atoms with Crippen LogP contribution in [0.1, 0.15) is 54.4 Å². The van der Waals surface area contributed by atoms with Crippen molar-refractivity contribution in [3.63, 3.8) is 0 Å². The van der Waals surface area contributed by atoms with Crippen molar-refractivity contribution in [3.05, 3.63) is 0 Å². The van der Waals surface area contributed by atoms with Crippen molar-refractivity contribution >= 4 is 11.9 Å². The molecule has 0 spiro atoms. The van der Waals surface area contributed by atoms with Gasteiger partial charge in [-0.05, 0) is 48.0 Å². The molecule has 0 aromatic heterocycles. The van der Waals surface area contributed by atoms with Gasteiger partial charge in [-0.1, -0.05) is 0 Å². The molecule has 0 amide bonds. The van der Waals surface area contributed by atoms with Crippen LogP contribution in [0.4, 0.5) is 0 Å². The highest BCUT2D eigenvalue weighted by molar-refractivity contribution is 5.76. The third-order valence-electron chi connectivity index (χ3n) is 5.64. The van der Waals surface area contributed by atoms with E-state index in [2.05, 4.69) is 0 Å². The SMILES string of the molecule is CC(C)(C)C(=O)OCC1(COC(=O)C(C)(C)C)C[C@H]2C[C@H]([C@H](O)[C@@H](O)[C@H](O)CO)N1O2. The minimum absolute atomic E-state index is 0.140. The van der Waals surface area contributed by atoms with Crippen molar-refractivity contribution in [2.75, 3.05) is 19.8 Å². The smallest absolute Gasteiger partial charge is 0.311 e. The van der Waals surface area contributed by atoms with E-state index in [-0.39, 0.29) is 19.3 Å². The Balaban J connectivity index is 2.25. The van der Waals surface area contributed by atoms with E-state index in [0.717, 1.165) is 0 Å². The van der Waals surface area contributed by atoms with Crippen LogP contribution in [0.3, 0.4) is 0 Å². The molecule has 0 aromatic carbocycles. The maximum absolute atomic E-state index is 12.4. The highest BCUT2D eigenvalue weighted by Crippen LogP contribution is 2.45. The molecule has 2 saturated heterocycles. The number of fused-ring (bicyclic) bond motifs is 2. The van der Waals surface area contributed by atoms with Gasteiger partial charge in [0, 0.05) is 6.42 Å². The van der Waals surface area contributed by atoms with E-state index in [0.29, 0.717) is 12.8 Å². The van der Waals surface area contributed by atoms with Crippen LogP contribution < -0.4 is 0 Å². The lowest BCUT2D eigenvalue weighted by molar-refractivity contribution is -0.223. The van der Waals surface area contributed by atoms with Crippen molar-refractivity contribution < 1.29 is 44.3 Å². The second-order valence-electron chi connectivity index (χ2n) is 10.7. The second kappa shape index (κ2) is 9.29. The van der Waals surface area contributed by atoms with Gasteiger partial charge in [0.25, 0.3) is 0 Å². The summed E-state index contributed by atoms with van der Waals surface area (Å²) in [6.07, 6.45) is -4.17. The normalized spacial score (nSPS) is 28.1. The van der Waals surface area contributed by atoms with E-state index in [9.17, 15) is 24.9 Å². The molecule has 2 heterocycles. The Bertz CT molecular complexity index is 624. The summed E-state index contributed by atoms with van der Waals surface area (Å²) in [5.74, 6) is -0.878. The van der Waals surface area contributed by atoms with Crippen LogP contribution in [0, 0.1) is 10.8 Å². The summed E-state index contributed by atoms with van der Waals surface area (Å²) in [4.78, 5) is 30.6. The average Bonchev–Trinajstić information content (AvgIpc) is 3.25. The highest BCUT2D eigenvalue weighted by Gasteiger charge is 2.60. The molecule has 0 aliphatic carbocycles. The first-order chi connectivity index (χ1) is 14.1. The third-order valence-corrected chi connectivity index (χ3v) is 5.64. The van der Waals surface area contributed by atoms with Gasteiger partial charge in [-0.25, -0.2) is 0 Å². The summed E-state index contributed by atoms with van der Waals surface area (Å²) in [5, 5.41) is 41.1. The van der Waals surface area contributed by atoms with Gasteiger partial charge >= 0.3 is 11.9 Å². The topological polar surface area (TPSA) is 146 Å². The predicted molar refractivity (Wildman–Crippen MR) is 108 cm³/mol. The molecular formula is C21H37NO9. The van der Waals surface area contributed by atoms with Gasteiger partial charge in [0.05, 0.1) is 29.6 Å². The van der Waals surface area contributed by atoms with Crippen LogP contribution >= 0.6 is 0 Å². The van der Waals surface area contributed by atoms with Crippen molar-refractivity contribution in [1.82, 2.24) is 5.06 Å². The molecule has 2 aliphatic heterocycles. The number of ether oxygens (including phenoxy) is 2. The summed E-state index contributed by atoms with van der Waals surface area (Å²) < 4.78 is 11.1. The van der Waals surface area contributed by atoms with Crippen molar-refractivity contribution in [3.8, 4) is 0 Å². The van der Waals surface area contributed by atoms with Gasteiger partial charge in [0.2, 0.25) is 0 Å². The number of carbonyl (C=O) groups is 2. The molecule has 2 bridgehead atoms. The van der Waals surface area contributed by atoms with Crippen LogP contribution in [0.5, 0.6) is 0 Å². The van der Waals surface area contributed by atoms with Gasteiger partial charge in [0.1, 0.15) is 37.1 Å². The number of carbonyl (C=O) groups excluding carboxylic acids is 2. The molecule has 180 valence electrons. The summed E-state index contributed by atoms with van der Waals surface area (Å²) in [6.45, 7) is 9.33. The fourth-order valence-corrected chi connectivity index (χ4v) is 3.71. The molecule has 4 N–H and O–H groups in total. The van der Waals surface area contributed by atoms with Gasteiger partial charge in [0.15, 0.2) is 0 Å². The molecule has 10 nitrogen and oxygen atoms in total. The number of hydroxylamine groups is 2. The lowest BCUT2D eigenvalue weighted by Crippen LogP contribution is -2.61. The molecule has 0 radical (unpaired) electrons. The van der Waals surface area contributed by atoms with E-state index in [1.807, 2.05) is 0 Å². The van der Waals surface area contributed by atoms with Crippen LogP contribution in [0.15, 0.2) is 0 Å². The highest BCUT2D eigenvalue weighted by atomic mass is 16.7. The molecule has 2 rings (SSSR count). The van der Waals surface area contributed by atoms with Crippen LogP contribution in [0.25, 0.3) is 0 Å². The van der Waals surface area contributed by atoms with E-state index >= 15 is 0 Å². The number of nitrogens with zero attached hydrogens (tertiary/aromatic N) is 1. The molecule has 1 unspecified atom stereocenters. The van der Waals surface area contributed by atoms with Crippen LogP contribution in [-0.4, -0.2) is 93.2 Å². The maximum atomic E-state index is 12.4. The van der Waals surface area contributed by atoms with E-state index in [1.165, 1.54) is 5.06 Å². The minimum Gasteiger partial charge on any atom is -0.463 e. The first kappa shape index (κ1) is 26.0. The van der Waals surface area contributed by atoms with E-state index < -0.39 is 59.3 Å². The molecule has 0 aromatic rings. The average molecular weight is 448 g/mol. The van der Waals surface area contributed by atoms with Gasteiger partial charge in [-0.15, -0.1) is 0 Å². The molecule has 6 atom stereocenters. The number of aliphatic hydroxyl groups excluding tert-OH is 4. The summed E-state index contributed by atoms with van der Waals surface area (Å²) in [6, 6.07) is -0.753. The largest absolute Gasteiger partial charge is 0.463 e. The predicted octanol–water partition coefficient (Wildman–Crippen LogP) is -0.243. The quantitative estimate of drug-likeness (QED) is 0.368. The summed E-state index contributed by atoms with van der Waals surface area (Å²) in [7, 11) is 0. The zero-order valence-corrected chi connectivity index (χ0v) is 19.2. The number of rotatable bonds is 8. The fraction of sp³-hybridized carbons (Fsp3) is 0.905. The number of piperidine rings is 1. The van der Waals surface area contributed by atoms with E-state index in [1.54, 1.807) is 41.5 Å². The standard InChI is InChI=1S/C21H37NO9/c1-19(2,3)17(27)29-10-21(11-30-18(28)20(4,5)6)8-12-7-13(22(21)31-12)15(25)16(26)14(24)9-23/h12-16,23-26H,7-11H2,1-6H3/t12-,13-,14-,15+,16+/m1/s1. The first-order valence-corrected chi connectivity index (χ1v) is 10.6. The number of aliphatic hydroxyl groups is 4. The zero-order valence-electron chi connectivity index (χ0n) is 19.2. The summed E-state index contributed by atoms with van der Waals surface area (Å²) in [5.41, 5.74) is -2.53. The zero-order chi connectivity index (χ0) is 23.8. The number of hydrogen-bond donors (Lipinski definition) is 4. The monoisotopic (exact) mass is 447 g/mol. The number of hydrogen-bond acceptors (Lipinski definition) is 10. The van der Waals surface area contributed by atoms with Crippen molar-refractivity contribution in [1.29, 1.82) is 0 Å². The van der Waals surface area contributed by atoms with Gasteiger partial charge in [-0.3, -0.25) is 14.4 Å². The van der Waals surface area contributed by atoms with Gasteiger partial charge in [-0.2, -0.15) is 5.06 Å². The lowest BCUT2D eigenvalue weighted by atomic mass is 9.83. The number of esters is 2. The molecule has 0 saturated carbocycles. The molecular weight excluding hydrogens is 410 g/mol. The third kappa shape index (κ3) is 5.74. The van der Waals surface area contributed by atoms with E-state index in [4.69, 9.17) is 19.4 Å². The fourth-order valence-electron chi connectivity index (χ4n) is 3.71. The Morgan fingerprint density at radius 3 is 1.90 bits per heavy atom. The molecule has 10 heteroatoms. The second-order valence-corrected chi connectivity index (χ2v) is 10.7. The minimum atomic E-state index is -1.61. The Morgan fingerprint density at radius 1 is 1.03 bits per heavy atom. The molecule has 31 heavy (non-hydrogen) atoms.